The fraction of sp³-hybridized carbons (Fsp3) is 0.935. The molecule has 7 atom stereocenters. The van der Waals surface area contributed by atoms with Crippen LogP contribution in [0.25, 0.3) is 0 Å². The SMILES string of the molecule is CCCCCCCCCC/C=C\CCCCCCCCCCCCCC(=O)NC(COC1OC(CO)C(O)C(O)C1O)C(O)CCCCCCCCCCC. The first-order valence-corrected chi connectivity index (χ1v) is 23.4. The van der Waals surface area contributed by atoms with E-state index in [1.807, 2.05) is 0 Å². The Morgan fingerprint density at radius 2 is 1.02 bits per heavy atom. The van der Waals surface area contributed by atoms with Gasteiger partial charge in [-0.15, -0.1) is 0 Å². The predicted molar refractivity (Wildman–Crippen MR) is 226 cm³/mol. The van der Waals surface area contributed by atoms with Crippen LogP contribution in [0.4, 0.5) is 0 Å². The average Bonchev–Trinajstić information content (AvgIpc) is 3.18. The molecule has 0 aromatic carbocycles. The molecular weight excluding hydrogens is 695 g/mol. The van der Waals surface area contributed by atoms with Gasteiger partial charge >= 0.3 is 0 Å². The van der Waals surface area contributed by atoms with Crippen molar-refractivity contribution in [2.45, 2.75) is 262 Å². The molecule has 1 aliphatic rings. The van der Waals surface area contributed by atoms with E-state index < -0.39 is 49.5 Å². The van der Waals surface area contributed by atoms with Crippen molar-refractivity contribution in [3.8, 4) is 0 Å². The van der Waals surface area contributed by atoms with Crippen molar-refractivity contribution in [2.75, 3.05) is 13.2 Å². The fourth-order valence-electron chi connectivity index (χ4n) is 7.57. The van der Waals surface area contributed by atoms with Crippen LogP contribution >= 0.6 is 0 Å². The summed E-state index contributed by atoms with van der Waals surface area (Å²) < 4.78 is 11.2. The third-order valence-corrected chi connectivity index (χ3v) is 11.4. The summed E-state index contributed by atoms with van der Waals surface area (Å²) in [4.78, 5) is 12.9. The van der Waals surface area contributed by atoms with Gasteiger partial charge in [0.15, 0.2) is 6.29 Å². The number of ether oxygens (including phenoxy) is 2. The van der Waals surface area contributed by atoms with Crippen molar-refractivity contribution in [1.29, 1.82) is 0 Å². The molecule has 0 aliphatic carbocycles. The lowest BCUT2D eigenvalue weighted by atomic mass is 9.99. The predicted octanol–water partition coefficient (Wildman–Crippen LogP) is 9.73. The van der Waals surface area contributed by atoms with Crippen molar-refractivity contribution in [2.24, 2.45) is 0 Å². The van der Waals surface area contributed by atoms with Crippen LogP contribution in [-0.4, -0.2) is 87.5 Å². The molecule has 0 aromatic rings. The Morgan fingerprint density at radius 3 is 1.47 bits per heavy atom. The molecule has 0 spiro atoms. The maximum Gasteiger partial charge on any atom is 0.220 e. The number of carbonyl (C=O) groups excluding carboxylic acids is 1. The van der Waals surface area contributed by atoms with E-state index in [0.29, 0.717) is 12.8 Å². The molecule has 1 fully saturated rings. The third kappa shape index (κ3) is 28.1. The van der Waals surface area contributed by atoms with Crippen molar-refractivity contribution in [3.05, 3.63) is 12.2 Å². The van der Waals surface area contributed by atoms with Crippen LogP contribution in [-0.2, 0) is 14.3 Å². The van der Waals surface area contributed by atoms with Gasteiger partial charge in [0.25, 0.3) is 0 Å². The molecule has 0 radical (unpaired) electrons. The summed E-state index contributed by atoms with van der Waals surface area (Å²) in [5.41, 5.74) is 0. The maximum absolute atomic E-state index is 12.9. The minimum Gasteiger partial charge on any atom is -0.394 e. The van der Waals surface area contributed by atoms with Crippen LogP contribution in [0.15, 0.2) is 12.2 Å². The molecule has 326 valence electrons. The first-order chi connectivity index (χ1) is 26.8. The number of nitrogens with one attached hydrogen (secondary N) is 1. The molecule has 0 saturated carbocycles. The van der Waals surface area contributed by atoms with Gasteiger partial charge in [-0.05, 0) is 38.5 Å². The zero-order valence-electron chi connectivity index (χ0n) is 35.7. The quantitative estimate of drug-likeness (QED) is 0.0267. The van der Waals surface area contributed by atoms with Crippen LogP contribution in [0.2, 0.25) is 0 Å². The van der Waals surface area contributed by atoms with E-state index in [4.69, 9.17) is 9.47 Å². The number of unbranched alkanes of at least 4 members (excludes halogenated alkanes) is 27. The number of aliphatic hydroxyl groups is 5. The van der Waals surface area contributed by atoms with E-state index in [-0.39, 0.29) is 12.5 Å². The molecule has 7 unspecified atom stereocenters. The molecule has 1 saturated heterocycles. The molecule has 1 heterocycles. The van der Waals surface area contributed by atoms with E-state index in [1.54, 1.807) is 0 Å². The highest BCUT2D eigenvalue weighted by Gasteiger charge is 2.44. The van der Waals surface area contributed by atoms with E-state index in [9.17, 15) is 30.3 Å². The van der Waals surface area contributed by atoms with Gasteiger partial charge in [-0.1, -0.05) is 187 Å². The summed E-state index contributed by atoms with van der Waals surface area (Å²) in [5, 5.41) is 54.2. The number of rotatable bonds is 39. The third-order valence-electron chi connectivity index (χ3n) is 11.4. The highest BCUT2D eigenvalue weighted by atomic mass is 16.7. The number of amides is 1. The van der Waals surface area contributed by atoms with Crippen LogP contribution in [0, 0.1) is 0 Å². The second kappa shape index (κ2) is 37.2. The van der Waals surface area contributed by atoms with Crippen LogP contribution in [0.1, 0.15) is 219 Å². The van der Waals surface area contributed by atoms with Crippen LogP contribution in [0.3, 0.4) is 0 Å². The summed E-state index contributed by atoms with van der Waals surface area (Å²) >= 11 is 0. The molecule has 6 N–H and O–H groups in total. The average molecular weight is 784 g/mol. The Labute approximate surface area is 337 Å². The number of carbonyl (C=O) groups is 1. The van der Waals surface area contributed by atoms with Gasteiger partial charge in [0.2, 0.25) is 5.91 Å². The summed E-state index contributed by atoms with van der Waals surface area (Å²) in [6.45, 7) is 3.81. The lowest BCUT2D eigenvalue weighted by Gasteiger charge is -2.40. The first-order valence-electron chi connectivity index (χ1n) is 23.4. The second-order valence-electron chi connectivity index (χ2n) is 16.6. The minimum absolute atomic E-state index is 0.135. The Hall–Kier alpha value is -1.07. The lowest BCUT2D eigenvalue weighted by Crippen LogP contribution is -2.60. The molecule has 0 bridgehead atoms. The maximum atomic E-state index is 12.9. The number of allylic oxidation sites excluding steroid dienone is 2. The van der Waals surface area contributed by atoms with Crippen molar-refractivity contribution in [3.63, 3.8) is 0 Å². The van der Waals surface area contributed by atoms with Gasteiger partial charge in [0.1, 0.15) is 24.4 Å². The van der Waals surface area contributed by atoms with E-state index >= 15 is 0 Å². The van der Waals surface area contributed by atoms with Crippen LogP contribution in [0.5, 0.6) is 0 Å². The zero-order chi connectivity index (χ0) is 40.2. The zero-order valence-corrected chi connectivity index (χ0v) is 35.7. The van der Waals surface area contributed by atoms with Gasteiger partial charge in [0, 0.05) is 6.42 Å². The normalized spacial score (nSPS) is 21.3. The summed E-state index contributed by atoms with van der Waals surface area (Å²) in [5.74, 6) is -0.146. The Kier molecular flexibility index (Phi) is 35.2. The van der Waals surface area contributed by atoms with Crippen LogP contribution < -0.4 is 5.32 Å². The molecular formula is C46H89NO8. The standard InChI is InChI=1S/C46H89NO8/c1-3-5-7-9-11-13-14-15-16-17-18-19-20-21-22-23-24-25-26-28-30-32-34-36-42(50)47-39(40(49)35-33-31-29-27-12-10-8-6-4-2)38-54-46-45(53)44(52)43(51)41(37-48)55-46/h17-18,39-41,43-46,48-49,51-53H,3-16,19-38H2,1-2H3,(H,47,50)/b18-17-. The topological polar surface area (TPSA) is 149 Å². The number of hydrogen-bond acceptors (Lipinski definition) is 8. The fourth-order valence-corrected chi connectivity index (χ4v) is 7.57. The molecule has 1 amide bonds. The van der Waals surface area contributed by atoms with Gasteiger partial charge in [-0.3, -0.25) is 4.79 Å². The lowest BCUT2D eigenvalue weighted by molar-refractivity contribution is -0.302. The molecule has 1 rings (SSSR count). The van der Waals surface area contributed by atoms with Gasteiger partial charge < -0.3 is 40.3 Å². The molecule has 0 aromatic heterocycles. The van der Waals surface area contributed by atoms with Gasteiger partial charge in [-0.25, -0.2) is 0 Å². The number of aliphatic hydroxyl groups excluding tert-OH is 5. The minimum atomic E-state index is -1.55. The van der Waals surface area contributed by atoms with Gasteiger partial charge in [-0.2, -0.15) is 0 Å². The summed E-state index contributed by atoms with van der Waals surface area (Å²) in [6.07, 6.45) is 35.2. The summed E-state index contributed by atoms with van der Waals surface area (Å²) in [6, 6.07) is -0.713. The highest BCUT2D eigenvalue weighted by Crippen LogP contribution is 2.23. The van der Waals surface area contributed by atoms with E-state index in [1.165, 1.54) is 154 Å². The van der Waals surface area contributed by atoms with E-state index in [0.717, 1.165) is 38.5 Å². The van der Waals surface area contributed by atoms with Crippen molar-refractivity contribution < 1.29 is 39.8 Å². The van der Waals surface area contributed by atoms with Crippen molar-refractivity contribution in [1.82, 2.24) is 5.32 Å². The summed E-state index contributed by atoms with van der Waals surface area (Å²) in [7, 11) is 0. The molecule has 55 heavy (non-hydrogen) atoms. The molecule has 1 aliphatic heterocycles. The van der Waals surface area contributed by atoms with Crippen molar-refractivity contribution >= 4 is 5.91 Å². The Bertz CT molecular complexity index is 873. The van der Waals surface area contributed by atoms with Gasteiger partial charge in [0.05, 0.1) is 25.4 Å². The first kappa shape index (κ1) is 51.9. The molecule has 9 heteroatoms. The second-order valence-corrected chi connectivity index (χ2v) is 16.6. The number of hydrogen-bond donors (Lipinski definition) is 6. The highest BCUT2D eigenvalue weighted by molar-refractivity contribution is 5.76. The Balaban J connectivity index is 2.21. The largest absolute Gasteiger partial charge is 0.394 e. The van der Waals surface area contributed by atoms with E-state index in [2.05, 4.69) is 31.3 Å². The molecule has 9 nitrogen and oxygen atoms in total. The smallest absolute Gasteiger partial charge is 0.220 e. The Morgan fingerprint density at radius 1 is 0.600 bits per heavy atom. The monoisotopic (exact) mass is 784 g/mol.